The molecule has 3 rings (SSSR count). The number of hydrogen-bond donors (Lipinski definition) is 1. The molecular weight excluding hydrogens is 354 g/mol. The molecule has 1 heterocycles. The molecule has 1 aromatic rings. The van der Waals surface area contributed by atoms with Gasteiger partial charge >= 0.3 is 5.97 Å². The van der Waals surface area contributed by atoms with E-state index >= 15 is 0 Å². The number of nitrogens with zero attached hydrogens (tertiary/aromatic N) is 1. The van der Waals surface area contributed by atoms with E-state index in [-0.39, 0.29) is 28.6 Å². The number of carboxylic acids is 1. The molecule has 26 heavy (non-hydrogen) atoms. The summed E-state index contributed by atoms with van der Waals surface area (Å²) in [5, 5.41) is 8.65. The Kier molecular flexibility index (Phi) is 4.86. The molecule has 1 saturated heterocycles. The SMILES string of the molecule is CC(C)S(=O)(=O)c1ccc(CC(=O)N2CCC3(CC2)CC3C(=O)O)cc1. The van der Waals surface area contributed by atoms with Crippen LogP contribution in [0.1, 0.15) is 38.7 Å². The summed E-state index contributed by atoms with van der Waals surface area (Å²) >= 11 is 0. The van der Waals surface area contributed by atoms with Gasteiger partial charge in [0.15, 0.2) is 9.84 Å². The van der Waals surface area contributed by atoms with E-state index in [1.54, 1.807) is 43.0 Å². The smallest absolute Gasteiger partial charge is 0.307 e. The molecule has 6 nitrogen and oxygen atoms in total. The predicted molar refractivity (Wildman–Crippen MR) is 96.5 cm³/mol. The number of benzene rings is 1. The van der Waals surface area contributed by atoms with E-state index < -0.39 is 21.1 Å². The average molecular weight is 379 g/mol. The molecule has 1 spiro atoms. The number of carboxylic acid groups (broad SMARTS) is 1. The fraction of sp³-hybridized carbons (Fsp3) is 0.579. The zero-order valence-electron chi connectivity index (χ0n) is 15.1. The lowest BCUT2D eigenvalue weighted by Gasteiger charge is -2.32. The molecule has 1 saturated carbocycles. The Morgan fingerprint density at radius 1 is 1.19 bits per heavy atom. The highest BCUT2D eigenvalue weighted by Crippen LogP contribution is 2.59. The number of carbonyl (C=O) groups excluding carboxylic acids is 1. The number of rotatable bonds is 5. The molecule has 1 amide bonds. The van der Waals surface area contributed by atoms with Gasteiger partial charge in [-0.05, 0) is 56.2 Å². The lowest BCUT2D eigenvalue weighted by molar-refractivity contribution is -0.139. The molecule has 0 bridgehead atoms. The van der Waals surface area contributed by atoms with Gasteiger partial charge in [0, 0.05) is 13.1 Å². The number of carbonyl (C=O) groups is 2. The zero-order valence-corrected chi connectivity index (χ0v) is 16.0. The Morgan fingerprint density at radius 2 is 1.77 bits per heavy atom. The van der Waals surface area contributed by atoms with Crippen LogP contribution in [-0.2, 0) is 25.8 Å². The molecule has 1 aromatic carbocycles. The second kappa shape index (κ2) is 6.68. The summed E-state index contributed by atoms with van der Waals surface area (Å²) in [6.45, 7) is 4.49. The maximum Gasteiger partial charge on any atom is 0.307 e. The van der Waals surface area contributed by atoms with Crippen LogP contribution in [-0.4, -0.2) is 48.6 Å². The van der Waals surface area contributed by atoms with Crippen molar-refractivity contribution < 1.29 is 23.1 Å². The normalized spacial score (nSPS) is 21.8. The van der Waals surface area contributed by atoms with Crippen LogP contribution in [0.2, 0.25) is 0 Å². The number of piperidine rings is 1. The number of amides is 1. The summed E-state index contributed by atoms with van der Waals surface area (Å²) in [6.07, 6.45) is 2.47. The van der Waals surface area contributed by atoms with Gasteiger partial charge in [-0.1, -0.05) is 12.1 Å². The average Bonchev–Trinajstić information content (AvgIpc) is 3.29. The Bertz CT molecular complexity index is 805. The fourth-order valence-corrected chi connectivity index (χ4v) is 4.87. The van der Waals surface area contributed by atoms with Crippen molar-refractivity contribution in [3.05, 3.63) is 29.8 Å². The Morgan fingerprint density at radius 3 is 2.23 bits per heavy atom. The number of sulfone groups is 1. The Hall–Kier alpha value is -1.89. The van der Waals surface area contributed by atoms with Crippen molar-refractivity contribution in [2.45, 2.75) is 49.7 Å². The monoisotopic (exact) mass is 379 g/mol. The summed E-state index contributed by atoms with van der Waals surface area (Å²) in [5.41, 5.74) is 0.697. The molecule has 142 valence electrons. The molecule has 1 unspecified atom stereocenters. The minimum absolute atomic E-state index is 0.00633. The van der Waals surface area contributed by atoms with Crippen LogP contribution in [0.25, 0.3) is 0 Å². The molecule has 1 aliphatic heterocycles. The van der Waals surface area contributed by atoms with Gasteiger partial charge in [-0.25, -0.2) is 8.42 Å². The van der Waals surface area contributed by atoms with E-state index in [0.29, 0.717) is 13.1 Å². The summed E-state index contributed by atoms with van der Waals surface area (Å²) in [7, 11) is -3.30. The van der Waals surface area contributed by atoms with Crippen molar-refractivity contribution in [1.29, 1.82) is 0 Å². The highest BCUT2D eigenvalue weighted by atomic mass is 32.2. The molecule has 2 fully saturated rings. The van der Waals surface area contributed by atoms with Gasteiger partial charge in [0.2, 0.25) is 5.91 Å². The molecule has 1 atom stereocenters. The summed E-state index contributed by atoms with van der Waals surface area (Å²) in [6, 6.07) is 6.51. The van der Waals surface area contributed by atoms with Gasteiger partial charge in [0.1, 0.15) is 0 Å². The molecule has 2 aliphatic rings. The first-order chi connectivity index (χ1) is 12.2. The third-order valence-electron chi connectivity index (χ3n) is 5.83. The fourth-order valence-electron chi connectivity index (χ4n) is 3.81. The topological polar surface area (TPSA) is 91.8 Å². The van der Waals surface area contributed by atoms with E-state index in [2.05, 4.69) is 0 Å². The van der Waals surface area contributed by atoms with Crippen LogP contribution >= 0.6 is 0 Å². The van der Waals surface area contributed by atoms with Gasteiger partial charge in [0.25, 0.3) is 0 Å². The van der Waals surface area contributed by atoms with Crippen LogP contribution in [0, 0.1) is 11.3 Å². The van der Waals surface area contributed by atoms with Crippen molar-refractivity contribution in [3.8, 4) is 0 Å². The predicted octanol–water partition coefficient (Wildman–Crippen LogP) is 2.12. The van der Waals surface area contributed by atoms with E-state index in [4.69, 9.17) is 5.11 Å². The number of hydrogen-bond acceptors (Lipinski definition) is 4. The van der Waals surface area contributed by atoms with Crippen LogP contribution in [0.4, 0.5) is 0 Å². The van der Waals surface area contributed by atoms with Crippen molar-refractivity contribution in [1.82, 2.24) is 4.90 Å². The van der Waals surface area contributed by atoms with E-state index in [9.17, 15) is 18.0 Å². The van der Waals surface area contributed by atoms with Crippen molar-refractivity contribution in [2.75, 3.05) is 13.1 Å². The minimum Gasteiger partial charge on any atom is -0.481 e. The van der Waals surface area contributed by atoms with Gasteiger partial charge in [0.05, 0.1) is 22.5 Å². The highest BCUT2D eigenvalue weighted by Gasteiger charge is 2.59. The van der Waals surface area contributed by atoms with E-state index in [0.717, 1.165) is 24.8 Å². The maximum atomic E-state index is 12.5. The van der Waals surface area contributed by atoms with Crippen LogP contribution in [0.5, 0.6) is 0 Å². The van der Waals surface area contributed by atoms with Crippen LogP contribution < -0.4 is 0 Å². The van der Waals surface area contributed by atoms with Crippen molar-refractivity contribution >= 4 is 21.7 Å². The first-order valence-corrected chi connectivity index (χ1v) is 10.5. The largest absolute Gasteiger partial charge is 0.481 e. The van der Waals surface area contributed by atoms with Crippen molar-refractivity contribution in [3.63, 3.8) is 0 Å². The second-order valence-electron chi connectivity index (χ2n) is 7.75. The molecular formula is C19H25NO5S. The first kappa shape index (κ1) is 18.9. The molecule has 7 heteroatoms. The molecule has 0 aromatic heterocycles. The molecule has 0 radical (unpaired) electrons. The van der Waals surface area contributed by atoms with E-state index in [1.165, 1.54) is 0 Å². The summed E-state index contributed by atoms with van der Waals surface area (Å²) in [5.74, 6) is -0.955. The third-order valence-corrected chi connectivity index (χ3v) is 8.00. The molecule has 1 aliphatic carbocycles. The summed E-state index contributed by atoms with van der Waals surface area (Å²) < 4.78 is 24.3. The second-order valence-corrected chi connectivity index (χ2v) is 10.3. The van der Waals surface area contributed by atoms with Gasteiger partial charge in [-0.3, -0.25) is 9.59 Å². The van der Waals surface area contributed by atoms with Gasteiger partial charge < -0.3 is 10.0 Å². The lowest BCUT2D eigenvalue weighted by Crippen LogP contribution is -2.40. The third kappa shape index (κ3) is 3.49. The van der Waals surface area contributed by atoms with Crippen molar-refractivity contribution in [2.24, 2.45) is 11.3 Å². The highest BCUT2D eigenvalue weighted by molar-refractivity contribution is 7.92. The van der Waals surface area contributed by atoms with E-state index in [1.807, 2.05) is 0 Å². The van der Waals surface area contributed by atoms with Crippen LogP contribution in [0.15, 0.2) is 29.2 Å². The Labute approximate surface area is 154 Å². The lowest BCUT2D eigenvalue weighted by atomic mass is 9.90. The quantitative estimate of drug-likeness (QED) is 0.846. The first-order valence-electron chi connectivity index (χ1n) is 8.99. The zero-order chi connectivity index (χ0) is 19.1. The van der Waals surface area contributed by atoms with Gasteiger partial charge in [-0.2, -0.15) is 0 Å². The number of likely N-dealkylation sites (tertiary alicyclic amines) is 1. The van der Waals surface area contributed by atoms with Gasteiger partial charge in [-0.15, -0.1) is 0 Å². The Balaban J connectivity index is 1.57. The van der Waals surface area contributed by atoms with Crippen LogP contribution in [0.3, 0.4) is 0 Å². The summed E-state index contributed by atoms with van der Waals surface area (Å²) in [4.78, 5) is 25.7. The maximum absolute atomic E-state index is 12.5. The number of aliphatic carboxylic acids is 1. The minimum atomic E-state index is -3.30. The molecule has 1 N–H and O–H groups in total. The standard InChI is InChI=1S/C19H25NO5S/c1-13(2)26(24,25)15-5-3-14(4-6-15)11-17(21)20-9-7-19(8-10-20)12-16(19)18(22)23/h3-6,13,16H,7-12H2,1-2H3,(H,22,23).